The number of hydrogen-bond donors (Lipinski definition) is 2. The summed E-state index contributed by atoms with van der Waals surface area (Å²) in [6, 6.07) is 8.84. The minimum absolute atomic E-state index is 0.178. The van der Waals surface area contributed by atoms with Crippen LogP contribution in [-0.4, -0.2) is 23.4 Å². The summed E-state index contributed by atoms with van der Waals surface area (Å²) in [6.07, 6.45) is 3.00. The van der Waals surface area contributed by atoms with E-state index in [0.717, 1.165) is 11.1 Å². The molecule has 0 aliphatic rings. The van der Waals surface area contributed by atoms with Crippen molar-refractivity contribution in [2.75, 3.05) is 6.61 Å². The Labute approximate surface area is 128 Å². The van der Waals surface area contributed by atoms with Crippen molar-refractivity contribution in [1.29, 1.82) is 0 Å². The molecular formula is C16H17N3O3. The van der Waals surface area contributed by atoms with Crippen molar-refractivity contribution in [2.24, 2.45) is 0 Å². The highest BCUT2D eigenvalue weighted by Gasteiger charge is 2.09. The van der Waals surface area contributed by atoms with Crippen LogP contribution < -0.4 is 15.6 Å². The van der Waals surface area contributed by atoms with Crippen molar-refractivity contribution < 1.29 is 14.3 Å². The highest BCUT2D eigenvalue weighted by atomic mass is 16.5. The number of nitrogens with one attached hydrogen (secondary N) is 2. The van der Waals surface area contributed by atoms with Gasteiger partial charge in [-0.3, -0.25) is 25.4 Å². The standard InChI is InChI=1S/C16H17N3O3/c1-11-4-3-5-12(2)15(11)22-10-14(20)18-19-16(21)13-6-8-17-9-7-13/h3-9H,10H2,1-2H3,(H,18,20)(H,19,21). The molecule has 6 nitrogen and oxygen atoms in total. The van der Waals surface area contributed by atoms with E-state index in [1.807, 2.05) is 32.0 Å². The number of carbonyl (C=O) groups is 2. The molecule has 0 atom stereocenters. The van der Waals surface area contributed by atoms with Crippen LogP contribution in [0.3, 0.4) is 0 Å². The molecule has 0 saturated heterocycles. The molecule has 2 N–H and O–H groups in total. The van der Waals surface area contributed by atoms with Crippen LogP contribution in [0.15, 0.2) is 42.7 Å². The lowest BCUT2D eigenvalue weighted by Gasteiger charge is -2.12. The zero-order valence-electron chi connectivity index (χ0n) is 12.4. The molecule has 0 radical (unpaired) electrons. The smallest absolute Gasteiger partial charge is 0.276 e. The average molecular weight is 299 g/mol. The minimum atomic E-state index is -0.440. The number of carbonyl (C=O) groups excluding carboxylic acids is 2. The fourth-order valence-electron chi connectivity index (χ4n) is 1.90. The van der Waals surface area contributed by atoms with Crippen molar-refractivity contribution in [3.8, 4) is 5.75 Å². The predicted octanol–water partition coefficient (Wildman–Crippen LogP) is 1.54. The van der Waals surface area contributed by atoms with Gasteiger partial charge in [-0.15, -0.1) is 0 Å². The fourth-order valence-corrected chi connectivity index (χ4v) is 1.90. The van der Waals surface area contributed by atoms with Gasteiger partial charge in [0, 0.05) is 18.0 Å². The Bertz CT molecular complexity index is 651. The first-order chi connectivity index (χ1) is 10.6. The number of para-hydroxylation sites is 1. The summed E-state index contributed by atoms with van der Waals surface area (Å²) in [7, 11) is 0. The summed E-state index contributed by atoms with van der Waals surface area (Å²) in [6.45, 7) is 3.64. The lowest BCUT2D eigenvalue weighted by atomic mass is 10.1. The van der Waals surface area contributed by atoms with Crippen molar-refractivity contribution >= 4 is 11.8 Å². The van der Waals surface area contributed by atoms with Crippen LogP contribution in [0.2, 0.25) is 0 Å². The van der Waals surface area contributed by atoms with E-state index < -0.39 is 11.8 Å². The number of aryl methyl sites for hydroxylation is 2. The van der Waals surface area contributed by atoms with Crippen LogP contribution in [-0.2, 0) is 4.79 Å². The zero-order valence-corrected chi connectivity index (χ0v) is 12.4. The van der Waals surface area contributed by atoms with Crippen molar-refractivity contribution in [2.45, 2.75) is 13.8 Å². The maximum atomic E-state index is 11.7. The van der Waals surface area contributed by atoms with Gasteiger partial charge in [-0.25, -0.2) is 0 Å². The normalized spacial score (nSPS) is 9.91. The molecule has 1 aromatic carbocycles. The predicted molar refractivity (Wildman–Crippen MR) is 81.3 cm³/mol. The van der Waals surface area contributed by atoms with Crippen LogP contribution in [0.5, 0.6) is 5.75 Å². The molecule has 114 valence electrons. The Hall–Kier alpha value is -2.89. The summed E-state index contributed by atoms with van der Waals surface area (Å²) in [4.78, 5) is 27.3. The lowest BCUT2D eigenvalue weighted by Crippen LogP contribution is -2.43. The van der Waals surface area contributed by atoms with Crippen molar-refractivity contribution in [1.82, 2.24) is 15.8 Å². The first kappa shape index (κ1) is 15.5. The topological polar surface area (TPSA) is 80.3 Å². The SMILES string of the molecule is Cc1cccc(C)c1OCC(=O)NNC(=O)c1ccncc1. The van der Waals surface area contributed by atoms with E-state index in [9.17, 15) is 9.59 Å². The molecule has 1 aromatic heterocycles. The van der Waals surface area contributed by atoms with Crippen molar-refractivity contribution in [3.63, 3.8) is 0 Å². The second kappa shape index (κ2) is 7.21. The van der Waals surface area contributed by atoms with E-state index >= 15 is 0 Å². The quantitative estimate of drug-likeness (QED) is 0.839. The Morgan fingerprint density at radius 1 is 1.05 bits per heavy atom. The molecular weight excluding hydrogens is 282 g/mol. The summed E-state index contributed by atoms with van der Waals surface area (Å²) in [5.74, 6) is -0.175. The summed E-state index contributed by atoms with van der Waals surface area (Å²) >= 11 is 0. The number of benzene rings is 1. The number of hydrogen-bond acceptors (Lipinski definition) is 4. The van der Waals surface area contributed by atoms with Gasteiger partial charge in [0.05, 0.1) is 0 Å². The summed E-state index contributed by atoms with van der Waals surface area (Å²) in [5, 5.41) is 0. The number of amides is 2. The van der Waals surface area contributed by atoms with Gasteiger partial charge >= 0.3 is 0 Å². The minimum Gasteiger partial charge on any atom is -0.483 e. The molecule has 0 aliphatic carbocycles. The van der Waals surface area contributed by atoms with E-state index in [1.165, 1.54) is 12.4 Å². The van der Waals surface area contributed by atoms with E-state index in [2.05, 4.69) is 15.8 Å². The van der Waals surface area contributed by atoms with Gasteiger partial charge in [0.1, 0.15) is 5.75 Å². The molecule has 22 heavy (non-hydrogen) atoms. The molecule has 2 amide bonds. The molecule has 2 rings (SSSR count). The van der Waals surface area contributed by atoms with Gasteiger partial charge in [-0.05, 0) is 37.1 Å². The molecule has 0 unspecified atom stereocenters. The Morgan fingerprint density at radius 3 is 2.32 bits per heavy atom. The van der Waals surface area contributed by atoms with Gasteiger partial charge < -0.3 is 4.74 Å². The maximum absolute atomic E-state index is 11.7. The first-order valence-corrected chi connectivity index (χ1v) is 6.76. The summed E-state index contributed by atoms with van der Waals surface area (Å²) in [5.41, 5.74) is 6.94. The second-order valence-electron chi connectivity index (χ2n) is 4.75. The number of rotatable bonds is 4. The van der Waals surface area contributed by atoms with Crippen LogP contribution in [0.1, 0.15) is 21.5 Å². The van der Waals surface area contributed by atoms with E-state index in [4.69, 9.17) is 4.74 Å². The monoisotopic (exact) mass is 299 g/mol. The molecule has 1 heterocycles. The van der Waals surface area contributed by atoms with Gasteiger partial charge in [0.15, 0.2) is 6.61 Å². The average Bonchev–Trinajstić information content (AvgIpc) is 2.53. The molecule has 2 aromatic rings. The molecule has 6 heteroatoms. The lowest BCUT2D eigenvalue weighted by molar-refractivity contribution is -0.123. The van der Waals surface area contributed by atoms with Crippen LogP contribution in [0.4, 0.5) is 0 Å². The highest BCUT2D eigenvalue weighted by molar-refractivity contribution is 5.95. The van der Waals surface area contributed by atoms with Gasteiger partial charge in [0.2, 0.25) is 0 Å². The molecule has 0 aliphatic heterocycles. The van der Waals surface area contributed by atoms with Gasteiger partial charge in [-0.2, -0.15) is 0 Å². The Kier molecular flexibility index (Phi) is 5.08. The maximum Gasteiger partial charge on any atom is 0.276 e. The Morgan fingerprint density at radius 2 is 1.68 bits per heavy atom. The highest BCUT2D eigenvalue weighted by Crippen LogP contribution is 2.21. The third-order valence-electron chi connectivity index (χ3n) is 3.01. The third kappa shape index (κ3) is 4.05. The number of pyridine rings is 1. The van der Waals surface area contributed by atoms with E-state index in [1.54, 1.807) is 12.1 Å². The van der Waals surface area contributed by atoms with Crippen LogP contribution in [0.25, 0.3) is 0 Å². The first-order valence-electron chi connectivity index (χ1n) is 6.76. The largest absolute Gasteiger partial charge is 0.483 e. The van der Waals surface area contributed by atoms with Crippen molar-refractivity contribution in [3.05, 3.63) is 59.4 Å². The van der Waals surface area contributed by atoms with Crippen LogP contribution >= 0.6 is 0 Å². The zero-order chi connectivity index (χ0) is 15.9. The van der Waals surface area contributed by atoms with Crippen LogP contribution in [0, 0.1) is 13.8 Å². The molecule has 0 bridgehead atoms. The summed E-state index contributed by atoms with van der Waals surface area (Å²) < 4.78 is 5.49. The number of ether oxygens (including phenoxy) is 1. The van der Waals surface area contributed by atoms with E-state index in [0.29, 0.717) is 11.3 Å². The molecule has 0 fully saturated rings. The fraction of sp³-hybridized carbons (Fsp3) is 0.188. The number of aromatic nitrogens is 1. The van der Waals surface area contributed by atoms with Gasteiger partial charge in [-0.1, -0.05) is 18.2 Å². The van der Waals surface area contributed by atoms with E-state index in [-0.39, 0.29) is 6.61 Å². The number of hydrazine groups is 1. The third-order valence-corrected chi connectivity index (χ3v) is 3.01. The molecule has 0 saturated carbocycles. The van der Waals surface area contributed by atoms with Gasteiger partial charge in [0.25, 0.3) is 11.8 Å². The second-order valence-corrected chi connectivity index (χ2v) is 4.75. The molecule has 0 spiro atoms. The number of nitrogens with zero attached hydrogens (tertiary/aromatic N) is 1. The Balaban J connectivity index is 1.83.